The molecule has 1 atom stereocenters. The smallest absolute Gasteiger partial charge is 0.234 e. The molecule has 1 aliphatic heterocycles. The zero-order chi connectivity index (χ0) is 21.5. The highest BCUT2D eigenvalue weighted by Gasteiger charge is 2.31. The molecule has 8 heteroatoms. The number of benzene rings is 2. The van der Waals surface area contributed by atoms with E-state index in [-0.39, 0.29) is 24.0 Å². The molecule has 3 rings (SSSR count). The van der Waals surface area contributed by atoms with Crippen molar-refractivity contribution >= 4 is 29.3 Å². The number of nitrogens with one attached hydrogen (secondary N) is 2. The molecule has 2 amide bonds. The predicted octanol–water partition coefficient (Wildman–Crippen LogP) is 3.41. The fourth-order valence-corrected chi connectivity index (χ4v) is 4.07. The topological polar surface area (TPSA) is 100 Å². The van der Waals surface area contributed by atoms with Gasteiger partial charge in [-0.1, -0.05) is 36.0 Å². The Balaban J connectivity index is 1.77. The second-order valence-electron chi connectivity index (χ2n) is 6.47. The number of anilines is 1. The van der Waals surface area contributed by atoms with E-state index in [2.05, 4.69) is 16.7 Å². The molecule has 2 aromatic rings. The van der Waals surface area contributed by atoms with E-state index in [1.165, 1.54) is 0 Å². The number of carbonyl (C=O) groups is 2. The first-order valence-corrected chi connectivity index (χ1v) is 10.2. The van der Waals surface area contributed by atoms with E-state index in [0.29, 0.717) is 27.8 Å². The van der Waals surface area contributed by atoms with Crippen molar-refractivity contribution in [3.8, 4) is 17.6 Å². The van der Waals surface area contributed by atoms with Crippen LogP contribution in [0, 0.1) is 11.3 Å². The van der Waals surface area contributed by atoms with E-state index in [4.69, 9.17) is 9.47 Å². The molecule has 0 saturated carbocycles. The van der Waals surface area contributed by atoms with Crippen molar-refractivity contribution in [1.82, 2.24) is 5.32 Å². The summed E-state index contributed by atoms with van der Waals surface area (Å²) in [7, 11) is 3.10. The number of ether oxygens (including phenoxy) is 2. The average molecular weight is 423 g/mol. The standard InChI is InChI=1S/C22H21N3O4S/c1-28-15-7-5-6-14(10-15)24-21(27)13-30-22-18(12-23)17(11-20(26)25-22)16-8-3-4-9-19(16)29-2/h3-10,17H,11,13H2,1-2H3,(H,24,27)(H,25,26)/t17-/m0/s1. The van der Waals surface area contributed by atoms with Gasteiger partial charge in [-0.05, 0) is 18.2 Å². The normalized spacial score (nSPS) is 15.8. The molecular weight excluding hydrogens is 402 g/mol. The van der Waals surface area contributed by atoms with Gasteiger partial charge in [0.1, 0.15) is 11.5 Å². The van der Waals surface area contributed by atoms with Crippen molar-refractivity contribution in [2.24, 2.45) is 0 Å². The Kier molecular flexibility index (Phi) is 6.99. The summed E-state index contributed by atoms with van der Waals surface area (Å²) in [5.41, 5.74) is 1.79. The Bertz CT molecular complexity index is 1030. The molecule has 0 unspecified atom stereocenters. The molecule has 0 bridgehead atoms. The van der Waals surface area contributed by atoms with Gasteiger partial charge in [0.2, 0.25) is 11.8 Å². The minimum Gasteiger partial charge on any atom is -0.497 e. The molecule has 1 aliphatic rings. The van der Waals surface area contributed by atoms with Gasteiger partial charge in [-0.25, -0.2) is 0 Å². The Hall–Kier alpha value is -3.44. The van der Waals surface area contributed by atoms with Crippen molar-refractivity contribution in [3.63, 3.8) is 0 Å². The maximum atomic E-state index is 12.4. The van der Waals surface area contributed by atoms with Gasteiger partial charge >= 0.3 is 0 Å². The first kappa shape index (κ1) is 21.3. The summed E-state index contributed by atoms with van der Waals surface area (Å²) in [4.78, 5) is 24.7. The van der Waals surface area contributed by atoms with Gasteiger partial charge in [-0.15, -0.1) is 0 Å². The van der Waals surface area contributed by atoms with Crippen LogP contribution in [0.5, 0.6) is 11.5 Å². The van der Waals surface area contributed by atoms with Crippen molar-refractivity contribution in [3.05, 3.63) is 64.7 Å². The van der Waals surface area contributed by atoms with Crippen LogP contribution >= 0.6 is 11.8 Å². The molecule has 154 valence electrons. The fourth-order valence-electron chi connectivity index (χ4n) is 3.19. The van der Waals surface area contributed by atoms with E-state index in [1.54, 1.807) is 44.6 Å². The molecule has 0 radical (unpaired) electrons. The monoisotopic (exact) mass is 423 g/mol. The van der Waals surface area contributed by atoms with Gasteiger partial charge in [-0.2, -0.15) is 5.26 Å². The third kappa shape index (κ3) is 4.93. The molecule has 1 heterocycles. The van der Waals surface area contributed by atoms with Crippen LogP contribution in [0.25, 0.3) is 0 Å². The SMILES string of the molecule is COc1cccc(NC(=O)CSC2=C(C#N)[C@H](c3ccccc3OC)CC(=O)N2)c1. The number of allylic oxidation sites excluding steroid dienone is 1. The number of nitriles is 1. The molecule has 7 nitrogen and oxygen atoms in total. The number of para-hydroxylation sites is 1. The summed E-state index contributed by atoms with van der Waals surface area (Å²) in [6, 6.07) is 16.5. The van der Waals surface area contributed by atoms with Crippen LogP contribution in [0.15, 0.2) is 59.1 Å². The molecule has 2 aromatic carbocycles. The summed E-state index contributed by atoms with van der Waals surface area (Å²) >= 11 is 1.12. The molecular formula is C22H21N3O4S. The Morgan fingerprint density at radius 1 is 1.23 bits per heavy atom. The third-order valence-electron chi connectivity index (χ3n) is 4.57. The number of nitrogens with zero attached hydrogens (tertiary/aromatic N) is 1. The molecule has 2 N–H and O–H groups in total. The van der Waals surface area contributed by atoms with Crippen LogP contribution in [0.1, 0.15) is 17.9 Å². The molecule has 0 fully saturated rings. The van der Waals surface area contributed by atoms with Gasteiger partial charge in [0.15, 0.2) is 0 Å². The van der Waals surface area contributed by atoms with E-state index in [1.807, 2.05) is 18.2 Å². The lowest BCUT2D eigenvalue weighted by Gasteiger charge is -2.26. The summed E-state index contributed by atoms with van der Waals surface area (Å²) in [6.45, 7) is 0. The van der Waals surface area contributed by atoms with Crippen LogP contribution in [0.3, 0.4) is 0 Å². The number of hydrogen-bond acceptors (Lipinski definition) is 6. The Morgan fingerprint density at radius 3 is 2.77 bits per heavy atom. The molecule has 30 heavy (non-hydrogen) atoms. The van der Waals surface area contributed by atoms with Crippen molar-refractivity contribution < 1.29 is 19.1 Å². The van der Waals surface area contributed by atoms with Crippen LogP contribution in [0.4, 0.5) is 5.69 Å². The number of methoxy groups -OCH3 is 2. The predicted molar refractivity (Wildman–Crippen MR) is 115 cm³/mol. The number of carbonyl (C=O) groups excluding carboxylic acids is 2. The van der Waals surface area contributed by atoms with Gasteiger partial charge in [0.25, 0.3) is 0 Å². The number of rotatable bonds is 7. The summed E-state index contributed by atoms with van der Waals surface area (Å²) in [5, 5.41) is 15.7. The van der Waals surface area contributed by atoms with E-state index < -0.39 is 5.92 Å². The second-order valence-corrected chi connectivity index (χ2v) is 7.46. The van der Waals surface area contributed by atoms with Crippen molar-refractivity contribution in [2.45, 2.75) is 12.3 Å². The third-order valence-corrected chi connectivity index (χ3v) is 5.59. The van der Waals surface area contributed by atoms with Gasteiger partial charge < -0.3 is 20.1 Å². The summed E-state index contributed by atoms with van der Waals surface area (Å²) in [6.07, 6.45) is 0.142. The Labute approximate surface area is 179 Å². The largest absolute Gasteiger partial charge is 0.497 e. The maximum Gasteiger partial charge on any atom is 0.234 e. The van der Waals surface area contributed by atoms with Crippen LogP contribution in [-0.2, 0) is 9.59 Å². The van der Waals surface area contributed by atoms with Gasteiger partial charge in [0.05, 0.1) is 36.6 Å². The summed E-state index contributed by atoms with van der Waals surface area (Å²) in [5.74, 6) is 0.395. The highest BCUT2D eigenvalue weighted by Crippen LogP contribution is 2.39. The van der Waals surface area contributed by atoms with E-state index in [0.717, 1.165) is 17.3 Å². The number of amides is 2. The molecule has 0 spiro atoms. The maximum absolute atomic E-state index is 12.4. The molecule has 0 saturated heterocycles. The molecule has 0 aliphatic carbocycles. The first-order chi connectivity index (χ1) is 14.5. The minimum atomic E-state index is -0.427. The lowest BCUT2D eigenvalue weighted by Crippen LogP contribution is -2.31. The Morgan fingerprint density at radius 2 is 2.03 bits per heavy atom. The van der Waals surface area contributed by atoms with Gasteiger partial charge in [0, 0.05) is 29.7 Å². The van der Waals surface area contributed by atoms with E-state index in [9.17, 15) is 14.9 Å². The lowest BCUT2D eigenvalue weighted by atomic mass is 9.86. The van der Waals surface area contributed by atoms with Crippen molar-refractivity contribution in [2.75, 3.05) is 25.3 Å². The highest BCUT2D eigenvalue weighted by atomic mass is 32.2. The quantitative estimate of drug-likeness (QED) is 0.708. The first-order valence-electron chi connectivity index (χ1n) is 9.19. The average Bonchev–Trinajstić information content (AvgIpc) is 2.77. The van der Waals surface area contributed by atoms with Crippen LogP contribution < -0.4 is 20.1 Å². The zero-order valence-electron chi connectivity index (χ0n) is 16.6. The highest BCUT2D eigenvalue weighted by molar-refractivity contribution is 8.03. The zero-order valence-corrected chi connectivity index (χ0v) is 17.4. The summed E-state index contributed by atoms with van der Waals surface area (Å²) < 4.78 is 10.5. The lowest BCUT2D eigenvalue weighted by molar-refractivity contribution is -0.121. The number of hydrogen-bond donors (Lipinski definition) is 2. The van der Waals surface area contributed by atoms with Crippen LogP contribution in [0.2, 0.25) is 0 Å². The second kappa shape index (κ2) is 9.85. The number of thioether (sulfide) groups is 1. The van der Waals surface area contributed by atoms with E-state index >= 15 is 0 Å². The molecule has 0 aromatic heterocycles. The van der Waals surface area contributed by atoms with Gasteiger partial charge in [-0.3, -0.25) is 9.59 Å². The minimum absolute atomic E-state index is 0.0383. The van der Waals surface area contributed by atoms with Crippen LogP contribution in [-0.4, -0.2) is 31.8 Å². The fraction of sp³-hybridized carbons (Fsp3) is 0.227. The van der Waals surface area contributed by atoms with Crippen molar-refractivity contribution in [1.29, 1.82) is 5.26 Å².